The number of thiophene rings is 1. The Balaban J connectivity index is 1.17. The Kier molecular flexibility index (Phi) is 10.2. The van der Waals surface area contributed by atoms with Crippen molar-refractivity contribution in [3.05, 3.63) is 203 Å². The minimum absolute atomic E-state index is 0.0292. The zero-order valence-corrected chi connectivity index (χ0v) is 49.3. The van der Waals surface area contributed by atoms with Gasteiger partial charge in [0.15, 0.2) is 0 Å². The maximum atomic E-state index is 9.07. The second-order valence-electron chi connectivity index (χ2n) is 28.1. The van der Waals surface area contributed by atoms with Gasteiger partial charge in [0, 0.05) is 58.7 Å². The van der Waals surface area contributed by atoms with E-state index in [2.05, 4.69) is 231 Å². The lowest BCUT2D eigenvalue weighted by atomic mass is 9.36. The van der Waals surface area contributed by atoms with Crippen molar-refractivity contribution in [1.82, 2.24) is 0 Å². The molecule has 3 aliphatic carbocycles. The van der Waals surface area contributed by atoms with Crippen molar-refractivity contribution in [2.45, 2.75) is 155 Å². The van der Waals surface area contributed by atoms with Crippen LogP contribution in [-0.4, -0.2) is 6.71 Å². The van der Waals surface area contributed by atoms with E-state index in [0.29, 0.717) is 11.3 Å². The highest BCUT2D eigenvalue weighted by Crippen LogP contribution is 2.62. The number of hydrogen-bond acceptors (Lipinski definition) is 4. The van der Waals surface area contributed by atoms with Gasteiger partial charge >= 0.3 is 0 Å². The van der Waals surface area contributed by atoms with E-state index in [0.717, 1.165) is 63.8 Å². The van der Waals surface area contributed by atoms with E-state index in [-0.39, 0.29) is 39.2 Å². The molecule has 0 radical (unpaired) electrons. The van der Waals surface area contributed by atoms with E-state index in [1.165, 1.54) is 78.6 Å². The number of aryl methyl sites for hydroxylation is 1. The lowest BCUT2D eigenvalue weighted by Crippen LogP contribution is -2.60. The zero-order chi connectivity index (χ0) is 57.4. The number of hydrogen-bond donors (Lipinski definition) is 0. The molecule has 2 bridgehead atoms. The summed E-state index contributed by atoms with van der Waals surface area (Å²) in [5, 5.41) is 1.32. The highest BCUT2D eigenvalue weighted by Gasteiger charge is 2.54. The van der Waals surface area contributed by atoms with E-state index in [9.17, 15) is 0 Å². The average Bonchev–Trinajstić information content (AvgIpc) is 1.52. The van der Waals surface area contributed by atoms with Crippen molar-refractivity contribution >= 4 is 95.0 Å². The van der Waals surface area contributed by atoms with Crippen molar-refractivity contribution in [2.75, 3.05) is 14.7 Å². The maximum absolute atomic E-state index is 9.07. The first-order valence-electron chi connectivity index (χ1n) is 30.6. The third-order valence-electron chi connectivity index (χ3n) is 19.7. The molecule has 9 aromatic rings. The molecule has 1 aromatic heterocycles. The number of para-hydroxylation sites is 2. The third-order valence-corrected chi connectivity index (χ3v) is 20.9. The number of anilines is 9. The first-order chi connectivity index (χ1) is 38.7. The van der Waals surface area contributed by atoms with Crippen LogP contribution in [0.15, 0.2) is 164 Å². The number of fused-ring (bicyclic) bond motifs is 12. The van der Waals surface area contributed by atoms with Gasteiger partial charge in [0.1, 0.15) is 0 Å². The van der Waals surface area contributed by atoms with Gasteiger partial charge in [-0.25, -0.2) is 0 Å². The van der Waals surface area contributed by atoms with Gasteiger partial charge in [-0.05, 0) is 200 Å². The van der Waals surface area contributed by atoms with E-state index < -0.39 is 6.85 Å². The van der Waals surface area contributed by atoms with Crippen LogP contribution in [-0.2, 0) is 32.5 Å². The largest absolute Gasteiger partial charge is 0.311 e. The Hall–Kier alpha value is -6.82. The van der Waals surface area contributed by atoms with Crippen molar-refractivity contribution in [2.24, 2.45) is 0 Å². The number of benzene rings is 8. The fraction of sp³-hybridized carbons (Fsp3) is 0.324. The molecule has 0 amide bonds. The molecule has 5 heteroatoms. The molecule has 0 saturated heterocycles. The Morgan fingerprint density at radius 3 is 1.82 bits per heavy atom. The summed E-state index contributed by atoms with van der Waals surface area (Å²) < 4.78 is 29.9. The standard InChI is InChI=1S/C74H76BN3S/c1-46-22-20-21-27-60(46)76(50-25-18-15-19-26-50)52-41-63-66-64(42-52)78(61-32-28-48(69(2,3)4)38-53(61)47-23-16-14-17-24-47)62-33-29-49(70(5,6)7)39-59(62)75(66)68-67(54-43-57-58(44-65(54)79-68)74(13)37-36-73(57,12)45-74)77(63)51-30-31-55-56(40-51)72(10,11)35-34-71(55,8)9/h14-33,38-44H,34-37,45H2,1-13H3/i1D3. The Bertz CT molecular complexity index is 4100. The van der Waals surface area contributed by atoms with Crippen LogP contribution < -0.4 is 30.4 Å². The topological polar surface area (TPSA) is 9.72 Å². The molecule has 396 valence electrons. The predicted molar refractivity (Wildman–Crippen MR) is 342 cm³/mol. The smallest absolute Gasteiger partial charge is 0.264 e. The normalized spacial score (nSPS) is 20.9. The molecule has 1 fully saturated rings. The van der Waals surface area contributed by atoms with Crippen LogP contribution >= 0.6 is 11.3 Å². The first kappa shape index (κ1) is 47.0. The molecule has 2 aliphatic heterocycles. The highest BCUT2D eigenvalue weighted by atomic mass is 32.1. The van der Waals surface area contributed by atoms with Crippen LogP contribution in [0, 0.1) is 6.85 Å². The SMILES string of the molecule is [2H]C([2H])([2H])c1ccccc1N(c1ccccc1)c1cc2c3c(c1)N(c1ccc4c(c1)C(C)(C)CCC4(C)C)c1c(sc4cc5c(cc14)C1(C)CCC5(C)C1)B3c1cc(C(C)(C)C)ccc1N2c1ccc(C(C)(C)C)cc1-c1ccccc1. The Morgan fingerprint density at radius 2 is 1.14 bits per heavy atom. The Labute approximate surface area is 479 Å². The fourth-order valence-electron chi connectivity index (χ4n) is 15.1. The third kappa shape index (κ3) is 7.64. The molecular weight excluding hydrogens is 974 g/mol. The van der Waals surface area contributed by atoms with Crippen LogP contribution in [0.2, 0.25) is 0 Å². The second-order valence-corrected chi connectivity index (χ2v) is 29.1. The molecule has 3 heterocycles. The van der Waals surface area contributed by atoms with E-state index in [1.54, 1.807) is 11.6 Å². The zero-order valence-electron chi connectivity index (χ0n) is 51.5. The highest BCUT2D eigenvalue weighted by molar-refractivity contribution is 7.33. The summed E-state index contributed by atoms with van der Waals surface area (Å²) in [5.74, 6) is 0. The van der Waals surface area contributed by atoms with Crippen molar-refractivity contribution in [3.8, 4) is 11.1 Å². The second kappa shape index (κ2) is 17.1. The van der Waals surface area contributed by atoms with Crippen LogP contribution in [0.5, 0.6) is 0 Å². The summed E-state index contributed by atoms with van der Waals surface area (Å²) in [4.78, 5) is 7.47. The molecule has 14 rings (SSSR count). The lowest BCUT2D eigenvalue weighted by Gasteiger charge is -2.46. The molecule has 1 saturated carbocycles. The minimum Gasteiger partial charge on any atom is -0.311 e. The van der Waals surface area contributed by atoms with Crippen molar-refractivity contribution < 1.29 is 4.11 Å². The van der Waals surface area contributed by atoms with Crippen LogP contribution in [0.1, 0.15) is 158 Å². The van der Waals surface area contributed by atoms with Gasteiger partial charge in [0.05, 0.1) is 17.1 Å². The molecular formula is C74H76BN3S. The monoisotopic (exact) mass is 1050 g/mol. The van der Waals surface area contributed by atoms with Gasteiger partial charge in [-0.2, -0.15) is 0 Å². The summed E-state index contributed by atoms with van der Waals surface area (Å²) in [7, 11) is 0. The van der Waals surface area contributed by atoms with E-state index >= 15 is 0 Å². The van der Waals surface area contributed by atoms with Gasteiger partial charge in [-0.3, -0.25) is 0 Å². The van der Waals surface area contributed by atoms with Crippen LogP contribution in [0.4, 0.5) is 51.2 Å². The molecule has 0 N–H and O–H groups in total. The summed E-state index contributed by atoms with van der Waals surface area (Å²) in [6.45, 7) is 26.2. The van der Waals surface area contributed by atoms with Crippen molar-refractivity contribution in [3.63, 3.8) is 0 Å². The number of rotatable bonds is 6. The lowest BCUT2D eigenvalue weighted by molar-refractivity contribution is 0.332. The first-order valence-corrected chi connectivity index (χ1v) is 29.9. The van der Waals surface area contributed by atoms with Gasteiger partial charge in [-0.1, -0.05) is 174 Å². The molecule has 5 aliphatic rings. The van der Waals surface area contributed by atoms with Crippen LogP contribution in [0.25, 0.3) is 21.2 Å². The fourth-order valence-corrected chi connectivity index (χ4v) is 16.5. The molecule has 2 unspecified atom stereocenters. The average molecular weight is 1050 g/mol. The summed E-state index contributed by atoms with van der Waals surface area (Å²) in [5.41, 5.74) is 22.9. The van der Waals surface area contributed by atoms with E-state index in [1.807, 2.05) is 35.6 Å². The summed E-state index contributed by atoms with van der Waals surface area (Å²) in [6, 6.07) is 61.0. The predicted octanol–water partition coefficient (Wildman–Crippen LogP) is 19.1. The molecule has 0 spiro atoms. The summed E-state index contributed by atoms with van der Waals surface area (Å²) in [6.07, 6.45) is 5.87. The van der Waals surface area contributed by atoms with Gasteiger partial charge in [0.2, 0.25) is 0 Å². The van der Waals surface area contributed by atoms with Gasteiger partial charge in [0.25, 0.3) is 6.71 Å². The number of nitrogens with zero attached hydrogens (tertiary/aromatic N) is 3. The van der Waals surface area contributed by atoms with Gasteiger partial charge < -0.3 is 14.7 Å². The quantitative estimate of drug-likeness (QED) is 0.154. The minimum atomic E-state index is -2.39. The van der Waals surface area contributed by atoms with Gasteiger partial charge in [-0.15, -0.1) is 11.3 Å². The van der Waals surface area contributed by atoms with Crippen molar-refractivity contribution in [1.29, 1.82) is 0 Å². The molecule has 79 heavy (non-hydrogen) atoms. The molecule has 8 aromatic carbocycles. The molecule has 3 nitrogen and oxygen atoms in total. The Morgan fingerprint density at radius 1 is 0.532 bits per heavy atom. The summed E-state index contributed by atoms with van der Waals surface area (Å²) >= 11 is 2.01. The molecule has 2 atom stereocenters. The van der Waals surface area contributed by atoms with Crippen LogP contribution in [0.3, 0.4) is 0 Å². The maximum Gasteiger partial charge on any atom is 0.264 e. The van der Waals surface area contributed by atoms with E-state index in [4.69, 9.17) is 4.11 Å².